The predicted octanol–water partition coefficient (Wildman–Crippen LogP) is -0.609. The van der Waals surface area contributed by atoms with Gasteiger partial charge in [0.15, 0.2) is 0 Å². The topological polar surface area (TPSA) is 46.4 Å². The van der Waals surface area contributed by atoms with Crippen molar-refractivity contribution < 1.29 is 5.11 Å². The monoisotopic (exact) mass is 84.0 g/mol. The Morgan fingerprint density at radius 2 is 2.50 bits per heavy atom. The Morgan fingerprint density at radius 3 is 2.67 bits per heavy atom. The second-order valence-corrected chi connectivity index (χ2v) is 1.07. The Kier molecular flexibility index (Phi) is 0.759. The molecule has 1 aliphatic heterocycles. The molecule has 0 saturated carbocycles. The fraction of sp³-hybridized carbons (Fsp3) is 0.667. The molecule has 0 fully saturated rings. The maximum Gasteiger partial charge on any atom is 0.258 e. The van der Waals surface area contributed by atoms with Crippen LogP contribution in [-0.2, 0) is 5.11 Å². The van der Waals surface area contributed by atoms with E-state index in [1.807, 2.05) is 0 Å². The first-order valence-electron chi connectivity index (χ1n) is 1.73. The maximum absolute atomic E-state index is 9.98. The zero-order valence-corrected chi connectivity index (χ0v) is 3.22. The molecule has 0 amide bonds. The third kappa shape index (κ3) is 0.490. The average molecular weight is 84.1 g/mol. The van der Waals surface area contributed by atoms with Gasteiger partial charge in [-0.15, -0.1) is 0 Å². The van der Waals surface area contributed by atoms with Crippen molar-refractivity contribution in [1.29, 1.82) is 0 Å². The van der Waals surface area contributed by atoms with Gasteiger partial charge in [0.25, 0.3) is 5.90 Å². The summed E-state index contributed by atoms with van der Waals surface area (Å²) in [5, 5.41) is 13.6. The highest BCUT2D eigenvalue weighted by Crippen LogP contribution is 1.81. The smallest absolute Gasteiger partial charge is 0.258 e. The Morgan fingerprint density at radius 1 is 1.67 bits per heavy atom. The molecule has 0 aliphatic carbocycles. The molecule has 0 aromatic heterocycles. The molecule has 1 heterocycles. The molecule has 6 heavy (non-hydrogen) atoms. The molecule has 0 bridgehead atoms. The molecule has 1 aliphatic rings. The summed E-state index contributed by atoms with van der Waals surface area (Å²) in [5.41, 5.74) is 0. The van der Waals surface area contributed by atoms with Crippen LogP contribution < -0.4 is 5.32 Å². The van der Waals surface area contributed by atoms with Gasteiger partial charge in [0.2, 0.25) is 0 Å². The summed E-state index contributed by atoms with van der Waals surface area (Å²) in [6.45, 7) is 0.693. The van der Waals surface area contributed by atoms with Gasteiger partial charge in [-0.2, -0.15) is 0 Å². The van der Waals surface area contributed by atoms with Crippen LogP contribution in [0.2, 0.25) is 0 Å². The van der Waals surface area contributed by atoms with Gasteiger partial charge in [0.1, 0.15) is 6.67 Å². The van der Waals surface area contributed by atoms with Crippen LogP contribution in [0.1, 0.15) is 0 Å². The van der Waals surface area contributed by atoms with E-state index in [0.717, 1.165) is 0 Å². The number of hydrogen-bond acceptors (Lipinski definition) is 1. The molecule has 0 atom stereocenters. The summed E-state index contributed by atoms with van der Waals surface area (Å²) in [7, 11) is 0. The van der Waals surface area contributed by atoms with E-state index in [-0.39, 0.29) is 5.90 Å². The molecule has 32 valence electrons. The molecule has 3 heteroatoms. The van der Waals surface area contributed by atoms with E-state index in [1.54, 1.807) is 0 Å². The fourth-order valence-electron chi connectivity index (χ4n) is 0.325. The molecule has 3 nitrogen and oxygen atoms in total. The molecule has 0 unspecified atom stereocenters. The molecule has 0 saturated heterocycles. The summed E-state index contributed by atoms with van der Waals surface area (Å²) < 4.78 is 0. The van der Waals surface area contributed by atoms with Gasteiger partial charge < -0.3 is 0 Å². The van der Waals surface area contributed by atoms with Crippen LogP contribution in [0.5, 0.6) is 0 Å². The van der Waals surface area contributed by atoms with Crippen LogP contribution >= 0.6 is 0 Å². The maximum atomic E-state index is 9.98. The van der Waals surface area contributed by atoms with E-state index >= 15 is 0 Å². The minimum atomic E-state index is -0.0880. The normalized spacial score (nSPS) is 21.0. The average Bonchev–Trinajstić information content (AvgIpc) is 1.86. The number of aliphatic imine (C=N–C) groups is 1. The summed E-state index contributed by atoms with van der Waals surface area (Å²) in [6, 6.07) is 0. The summed E-state index contributed by atoms with van der Waals surface area (Å²) in [4.78, 5) is 3.43. The zero-order chi connectivity index (χ0) is 4.41. The van der Waals surface area contributed by atoms with E-state index in [4.69, 9.17) is 0 Å². The van der Waals surface area contributed by atoms with E-state index in [2.05, 4.69) is 10.3 Å². The molecular formula is C3H4N2O. The van der Waals surface area contributed by atoms with Crippen molar-refractivity contribution in [2.45, 2.75) is 0 Å². The first kappa shape index (κ1) is 3.61. The summed E-state index contributed by atoms with van der Waals surface area (Å²) in [5.74, 6) is -0.0880. The Balaban J connectivity index is 2.45. The third-order valence-electron chi connectivity index (χ3n) is 0.594. The van der Waals surface area contributed by atoms with Gasteiger partial charge >= 0.3 is 0 Å². The Hall–Kier alpha value is -0.570. The molecule has 0 aromatic rings. The highest BCUT2D eigenvalue weighted by molar-refractivity contribution is 5.76. The SMILES string of the molecule is [O]C1=NC[N]C1. The van der Waals surface area contributed by atoms with Gasteiger partial charge in [0, 0.05) is 0 Å². The minimum Gasteiger partial charge on any atom is -0.271 e. The van der Waals surface area contributed by atoms with Crippen molar-refractivity contribution in [3.8, 4) is 0 Å². The number of hydrogen-bond donors (Lipinski definition) is 0. The van der Waals surface area contributed by atoms with Crippen molar-refractivity contribution in [3.63, 3.8) is 0 Å². The quantitative estimate of drug-likeness (QED) is 0.376. The van der Waals surface area contributed by atoms with Crippen molar-refractivity contribution in [1.82, 2.24) is 5.32 Å². The van der Waals surface area contributed by atoms with E-state index in [9.17, 15) is 5.11 Å². The third-order valence-corrected chi connectivity index (χ3v) is 0.594. The second kappa shape index (κ2) is 1.26. The van der Waals surface area contributed by atoms with Crippen LogP contribution in [0.4, 0.5) is 0 Å². The van der Waals surface area contributed by atoms with Crippen LogP contribution in [0.3, 0.4) is 0 Å². The molecule has 0 N–H and O–H groups in total. The van der Waals surface area contributed by atoms with Crippen LogP contribution in [-0.4, -0.2) is 19.1 Å². The lowest BCUT2D eigenvalue weighted by Crippen LogP contribution is -2.02. The second-order valence-electron chi connectivity index (χ2n) is 1.07. The van der Waals surface area contributed by atoms with Crippen molar-refractivity contribution >= 4 is 5.90 Å². The van der Waals surface area contributed by atoms with Crippen molar-refractivity contribution in [3.05, 3.63) is 0 Å². The number of nitrogens with zero attached hydrogens (tertiary/aromatic N) is 2. The lowest BCUT2D eigenvalue weighted by atomic mass is 10.7. The lowest BCUT2D eigenvalue weighted by Gasteiger charge is -1.72. The zero-order valence-electron chi connectivity index (χ0n) is 3.22. The van der Waals surface area contributed by atoms with Crippen molar-refractivity contribution in [2.24, 2.45) is 4.99 Å². The van der Waals surface area contributed by atoms with Crippen LogP contribution in [0, 0.1) is 0 Å². The van der Waals surface area contributed by atoms with E-state index < -0.39 is 0 Å². The molecule has 1 rings (SSSR count). The minimum absolute atomic E-state index is 0.0880. The Labute approximate surface area is 35.7 Å². The molecule has 2 radical (unpaired) electrons. The standard InChI is InChI=1S/C3H4N2O/c6-3-1-4-2-5-3/h1-2H2. The van der Waals surface area contributed by atoms with Crippen LogP contribution in [0.25, 0.3) is 0 Å². The van der Waals surface area contributed by atoms with Gasteiger partial charge in [-0.05, 0) is 0 Å². The molecule has 0 aromatic carbocycles. The molecular weight excluding hydrogens is 80.0 g/mol. The van der Waals surface area contributed by atoms with Gasteiger partial charge in [0.05, 0.1) is 6.54 Å². The first-order valence-corrected chi connectivity index (χ1v) is 1.73. The van der Waals surface area contributed by atoms with E-state index in [1.165, 1.54) is 0 Å². The van der Waals surface area contributed by atoms with Gasteiger partial charge in [-0.1, -0.05) is 0 Å². The van der Waals surface area contributed by atoms with Gasteiger partial charge in [-0.25, -0.2) is 10.3 Å². The van der Waals surface area contributed by atoms with Gasteiger partial charge in [-0.3, -0.25) is 5.11 Å². The van der Waals surface area contributed by atoms with Crippen LogP contribution in [0.15, 0.2) is 4.99 Å². The molecule has 0 spiro atoms. The Bertz CT molecular complexity index is 78.9. The lowest BCUT2D eigenvalue weighted by molar-refractivity contribution is 0.421. The van der Waals surface area contributed by atoms with Crippen molar-refractivity contribution in [2.75, 3.05) is 13.2 Å². The highest BCUT2D eigenvalue weighted by atomic mass is 16.3. The number of rotatable bonds is 0. The highest BCUT2D eigenvalue weighted by Gasteiger charge is 2.02. The first-order chi connectivity index (χ1) is 2.89. The fourth-order valence-corrected chi connectivity index (χ4v) is 0.325. The summed E-state index contributed by atoms with van der Waals surface area (Å²) in [6.07, 6.45) is 0. The predicted molar refractivity (Wildman–Crippen MR) is 20.0 cm³/mol. The largest absolute Gasteiger partial charge is 0.271 e. The summed E-state index contributed by atoms with van der Waals surface area (Å²) >= 11 is 0. The van der Waals surface area contributed by atoms with E-state index in [0.29, 0.717) is 13.2 Å².